The predicted octanol–water partition coefficient (Wildman–Crippen LogP) is 1.43. The quantitative estimate of drug-likeness (QED) is 0.738. The summed E-state index contributed by atoms with van der Waals surface area (Å²) in [7, 11) is 1.44. The highest BCUT2D eigenvalue weighted by Crippen LogP contribution is 2.37. The van der Waals surface area contributed by atoms with Gasteiger partial charge in [-0.3, -0.25) is 4.79 Å². The molecule has 7 nitrogen and oxygen atoms in total. The van der Waals surface area contributed by atoms with Crippen molar-refractivity contribution in [3.8, 4) is 0 Å². The standard InChI is InChI=1S/C19H29N3O4/c1-13(2)20-18(24)22-11-10-19(3,25)17(21-15(23)12-26-4)16(22)14-8-6-5-7-9-14/h5-9,13,16-17,25H,10-12H2,1-4H3,(H,20,24)(H,21,23)/t16-,17-,19+/m0/s1. The number of piperidine rings is 1. The SMILES string of the molecule is COCC(=O)N[C@H]1[C@H](c2ccccc2)N(C(=O)NC(C)C)CC[C@@]1(C)O. The highest BCUT2D eigenvalue weighted by atomic mass is 16.5. The summed E-state index contributed by atoms with van der Waals surface area (Å²) in [6.45, 7) is 5.77. The first-order chi connectivity index (χ1) is 12.3. The minimum absolute atomic E-state index is 0.0112. The van der Waals surface area contributed by atoms with Gasteiger partial charge in [0.25, 0.3) is 0 Å². The van der Waals surface area contributed by atoms with E-state index in [1.807, 2.05) is 44.2 Å². The molecule has 0 radical (unpaired) electrons. The molecule has 1 aliphatic heterocycles. The maximum Gasteiger partial charge on any atom is 0.318 e. The third kappa shape index (κ3) is 4.74. The Labute approximate surface area is 154 Å². The number of ether oxygens (including phenoxy) is 1. The maximum absolute atomic E-state index is 12.8. The van der Waals surface area contributed by atoms with Crippen LogP contribution in [0.3, 0.4) is 0 Å². The van der Waals surface area contributed by atoms with Gasteiger partial charge in [-0.2, -0.15) is 0 Å². The molecule has 144 valence electrons. The number of hydrogen-bond acceptors (Lipinski definition) is 4. The first-order valence-corrected chi connectivity index (χ1v) is 8.89. The smallest absolute Gasteiger partial charge is 0.318 e. The molecule has 0 bridgehead atoms. The third-order valence-corrected chi connectivity index (χ3v) is 4.59. The molecular weight excluding hydrogens is 334 g/mol. The number of urea groups is 1. The molecule has 3 amide bonds. The second-order valence-corrected chi connectivity index (χ2v) is 7.24. The largest absolute Gasteiger partial charge is 0.388 e. The van der Waals surface area contributed by atoms with Crippen LogP contribution in [0.1, 0.15) is 38.8 Å². The topological polar surface area (TPSA) is 90.9 Å². The van der Waals surface area contributed by atoms with Gasteiger partial charge in [-0.1, -0.05) is 30.3 Å². The van der Waals surface area contributed by atoms with Crippen molar-refractivity contribution < 1.29 is 19.4 Å². The van der Waals surface area contributed by atoms with Gasteiger partial charge in [-0.05, 0) is 32.8 Å². The van der Waals surface area contributed by atoms with Crippen LogP contribution in [0, 0.1) is 0 Å². The van der Waals surface area contributed by atoms with Gasteiger partial charge in [-0.15, -0.1) is 0 Å². The molecule has 1 heterocycles. The van der Waals surface area contributed by atoms with Gasteiger partial charge in [-0.25, -0.2) is 4.79 Å². The van der Waals surface area contributed by atoms with Gasteiger partial charge in [0.1, 0.15) is 6.61 Å². The van der Waals surface area contributed by atoms with Gasteiger partial charge in [0, 0.05) is 19.7 Å². The first kappa shape index (κ1) is 20.2. The summed E-state index contributed by atoms with van der Waals surface area (Å²) >= 11 is 0. The van der Waals surface area contributed by atoms with E-state index in [2.05, 4.69) is 10.6 Å². The Kier molecular flexibility index (Phi) is 6.61. The Morgan fingerprint density at radius 2 is 2.00 bits per heavy atom. The average Bonchev–Trinajstić information content (AvgIpc) is 2.56. The Hall–Kier alpha value is -2.12. The van der Waals surface area contributed by atoms with E-state index >= 15 is 0 Å². The lowest BCUT2D eigenvalue weighted by Crippen LogP contribution is -2.64. The van der Waals surface area contributed by atoms with Crippen LogP contribution in [0.5, 0.6) is 0 Å². The summed E-state index contributed by atoms with van der Waals surface area (Å²) in [5.41, 5.74) is -0.299. The average molecular weight is 363 g/mol. The molecule has 1 fully saturated rings. The van der Waals surface area contributed by atoms with Crippen LogP contribution in [-0.2, 0) is 9.53 Å². The van der Waals surface area contributed by atoms with Crippen molar-refractivity contribution in [2.75, 3.05) is 20.3 Å². The molecule has 1 aliphatic rings. The van der Waals surface area contributed by atoms with E-state index in [9.17, 15) is 14.7 Å². The van der Waals surface area contributed by atoms with E-state index in [0.717, 1.165) is 5.56 Å². The number of likely N-dealkylation sites (tertiary alicyclic amines) is 1. The number of hydrogen-bond donors (Lipinski definition) is 3. The van der Waals surface area contributed by atoms with E-state index in [4.69, 9.17) is 4.74 Å². The summed E-state index contributed by atoms with van der Waals surface area (Å²) in [5.74, 6) is -0.329. The van der Waals surface area contributed by atoms with Crippen molar-refractivity contribution in [3.05, 3.63) is 35.9 Å². The Morgan fingerprint density at radius 3 is 2.58 bits per heavy atom. The van der Waals surface area contributed by atoms with E-state index in [1.54, 1.807) is 11.8 Å². The Bertz CT molecular complexity index is 618. The molecule has 2 rings (SSSR count). The van der Waals surface area contributed by atoms with Crippen LogP contribution in [0.25, 0.3) is 0 Å². The normalized spacial score (nSPS) is 25.8. The lowest BCUT2D eigenvalue weighted by atomic mass is 9.79. The summed E-state index contributed by atoms with van der Waals surface area (Å²) in [4.78, 5) is 26.6. The maximum atomic E-state index is 12.8. The van der Waals surface area contributed by atoms with Gasteiger partial charge >= 0.3 is 6.03 Å². The van der Waals surface area contributed by atoms with E-state index in [-0.39, 0.29) is 24.6 Å². The third-order valence-electron chi connectivity index (χ3n) is 4.59. The minimum atomic E-state index is -1.15. The number of methoxy groups -OCH3 is 1. The number of benzene rings is 1. The van der Waals surface area contributed by atoms with Crippen LogP contribution < -0.4 is 10.6 Å². The van der Waals surface area contributed by atoms with Crippen LogP contribution in [-0.4, -0.2) is 59.9 Å². The molecule has 1 aromatic carbocycles. The van der Waals surface area contributed by atoms with E-state index in [0.29, 0.717) is 13.0 Å². The zero-order valence-electron chi connectivity index (χ0n) is 15.9. The lowest BCUT2D eigenvalue weighted by Gasteiger charge is -2.49. The minimum Gasteiger partial charge on any atom is -0.388 e. The van der Waals surface area contributed by atoms with Gasteiger partial charge < -0.3 is 25.4 Å². The molecule has 0 aromatic heterocycles. The fourth-order valence-electron chi connectivity index (χ4n) is 3.32. The molecule has 3 N–H and O–H groups in total. The highest BCUT2D eigenvalue weighted by molar-refractivity contribution is 5.79. The fraction of sp³-hybridized carbons (Fsp3) is 0.579. The van der Waals surface area contributed by atoms with Crippen molar-refractivity contribution in [1.82, 2.24) is 15.5 Å². The molecule has 7 heteroatoms. The van der Waals surface area contributed by atoms with Crippen LogP contribution >= 0.6 is 0 Å². The summed E-state index contributed by atoms with van der Waals surface area (Å²) in [6, 6.07) is 8.09. The number of nitrogens with zero attached hydrogens (tertiary/aromatic N) is 1. The summed E-state index contributed by atoms with van der Waals surface area (Å²) < 4.78 is 4.89. The second kappa shape index (κ2) is 8.51. The van der Waals surface area contributed by atoms with Crippen LogP contribution in [0.15, 0.2) is 30.3 Å². The molecule has 0 saturated carbocycles. The summed E-state index contributed by atoms with van der Waals surface area (Å²) in [6.07, 6.45) is 0.361. The Balaban J connectivity index is 2.40. The number of amides is 3. The molecule has 0 aliphatic carbocycles. The number of rotatable bonds is 5. The number of carbonyl (C=O) groups is 2. The predicted molar refractivity (Wildman–Crippen MR) is 98.6 cm³/mol. The zero-order valence-corrected chi connectivity index (χ0v) is 15.9. The molecule has 1 saturated heterocycles. The molecule has 0 unspecified atom stereocenters. The lowest BCUT2D eigenvalue weighted by molar-refractivity contribution is -0.131. The molecule has 1 aromatic rings. The van der Waals surface area contributed by atoms with Gasteiger partial charge in [0.15, 0.2) is 0 Å². The van der Waals surface area contributed by atoms with Crippen molar-refractivity contribution in [3.63, 3.8) is 0 Å². The van der Waals surface area contributed by atoms with E-state index < -0.39 is 17.7 Å². The summed E-state index contributed by atoms with van der Waals surface area (Å²) in [5, 5.41) is 16.7. The van der Waals surface area contributed by atoms with Gasteiger partial charge in [0.05, 0.1) is 17.7 Å². The molecule has 26 heavy (non-hydrogen) atoms. The molecule has 3 atom stereocenters. The number of carbonyl (C=O) groups excluding carboxylic acids is 2. The second-order valence-electron chi connectivity index (χ2n) is 7.24. The molecule has 0 spiro atoms. The number of aliphatic hydroxyl groups is 1. The van der Waals surface area contributed by atoms with Crippen molar-refractivity contribution in [1.29, 1.82) is 0 Å². The zero-order chi connectivity index (χ0) is 19.3. The van der Waals surface area contributed by atoms with Crippen molar-refractivity contribution >= 4 is 11.9 Å². The number of nitrogens with one attached hydrogen (secondary N) is 2. The van der Waals surface area contributed by atoms with Crippen molar-refractivity contribution in [2.45, 2.75) is 50.9 Å². The fourth-order valence-corrected chi connectivity index (χ4v) is 3.32. The van der Waals surface area contributed by atoms with Gasteiger partial charge in [0.2, 0.25) is 5.91 Å². The van der Waals surface area contributed by atoms with E-state index in [1.165, 1.54) is 7.11 Å². The Morgan fingerprint density at radius 1 is 1.35 bits per heavy atom. The highest BCUT2D eigenvalue weighted by Gasteiger charge is 2.47. The van der Waals surface area contributed by atoms with Crippen LogP contribution in [0.2, 0.25) is 0 Å². The van der Waals surface area contributed by atoms with Crippen LogP contribution in [0.4, 0.5) is 4.79 Å². The monoisotopic (exact) mass is 363 g/mol. The molecular formula is C19H29N3O4. The first-order valence-electron chi connectivity index (χ1n) is 8.89. The van der Waals surface area contributed by atoms with Crippen molar-refractivity contribution in [2.24, 2.45) is 0 Å².